The Hall–Kier alpha value is -2.18. The van der Waals surface area contributed by atoms with E-state index in [1.165, 1.54) is 11.3 Å². The van der Waals surface area contributed by atoms with Gasteiger partial charge in [-0.15, -0.1) is 22.9 Å². The summed E-state index contributed by atoms with van der Waals surface area (Å²) in [5.74, 6) is 0.104. The van der Waals surface area contributed by atoms with Gasteiger partial charge >= 0.3 is 0 Å². The van der Waals surface area contributed by atoms with Gasteiger partial charge in [-0.25, -0.2) is 9.67 Å². The molecule has 2 heterocycles. The van der Waals surface area contributed by atoms with Crippen LogP contribution in [-0.2, 0) is 5.88 Å². The second kappa shape index (κ2) is 6.29. The number of aromatic nitrogens is 3. The van der Waals surface area contributed by atoms with E-state index in [-0.39, 0.29) is 5.91 Å². The van der Waals surface area contributed by atoms with Crippen LogP contribution in [-0.4, -0.2) is 20.7 Å². The fourth-order valence-corrected chi connectivity index (χ4v) is 2.99. The Bertz CT molecular complexity index is 797. The van der Waals surface area contributed by atoms with Crippen molar-refractivity contribution < 1.29 is 4.79 Å². The number of hydrogen-bond acceptors (Lipinski definition) is 4. The minimum absolute atomic E-state index is 0.227. The molecular weight excluding hydrogens is 320 g/mol. The van der Waals surface area contributed by atoms with E-state index in [0.29, 0.717) is 16.6 Å². The van der Waals surface area contributed by atoms with Crippen molar-refractivity contribution in [2.75, 3.05) is 5.32 Å². The summed E-state index contributed by atoms with van der Waals surface area (Å²) in [4.78, 5) is 16.6. The molecule has 0 bridgehead atoms. The smallest absolute Gasteiger partial charge is 0.260 e. The predicted molar refractivity (Wildman–Crippen MR) is 87.9 cm³/mol. The Morgan fingerprint density at radius 3 is 2.82 bits per heavy atom. The van der Waals surface area contributed by atoms with E-state index in [4.69, 9.17) is 11.6 Å². The van der Waals surface area contributed by atoms with Crippen LogP contribution in [0.1, 0.15) is 21.7 Å². The third-order valence-electron chi connectivity index (χ3n) is 3.16. The summed E-state index contributed by atoms with van der Waals surface area (Å²) >= 11 is 7.06. The quantitative estimate of drug-likeness (QED) is 0.742. The number of nitrogens with zero attached hydrogens (tertiary/aromatic N) is 3. The van der Waals surface area contributed by atoms with E-state index in [0.717, 1.165) is 17.1 Å². The number of alkyl halides is 1. The fourth-order valence-electron chi connectivity index (χ4n) is 2.05. The first-order valence-electron chi connectivity index (χ1n) is 6.61. The Kier molecular flexibility index (Phi) is 4.22. The molecule has 0 aliphatic rings. The maximum absolute atomic E-state index is 12.3. The van der Waals surface area contributed by atoms with Crippen LogP contribution < -0.4 is 5.32 Å². The lowest BCUT2D eigenvalue weighted by Crippen LogP contribution is -2.13. The van der Waals surface area contributed by atoms with Crippen LogP contribution in [0.2, 0.25) is 0 Å². The lowest BCUT2D eigenvalue weighted by atomic mass is 10.2. The van der Waals surface area contributed by atoms with Gasteiger partial charge in [0.25, 0.3) is 5.91 Å². The van der Waals surface area contributed by atoms with Gasteiger partial charge in [0, 0.05) is 5.38 Å². The molecule has 1 amide bonds. The zero-order valence-corrected chi connectivity index (χ0v) is 13.4. The van der Waals surface area contributed by atoms with Crippen molar-refractivity contribution in [2.24, 2.45) is 0 Å². The second-order valence-corrected chi connectivity index (χ2v) is 5.75. The highest BCUT2D eigenvalue weighted by Gasteiger charge is 2.16. The molecule has 112 valence electrons. The molecule has 3 rings (SSSR count). The highest BCUT2D eigenvalue weighted by atomic mass is 35.5. The van der Waals surface area contributed by atoms with Gasteiger partial charge in [0.1, 0.15) is 0 Å². The van der Waals surface area contributed by atoms with Crippen molar-refractivity contribution in [3.05, 3.63) is 58.9 Å². The van der Waals surface area contributed by atoms with Gasteiger partial charge in [-0.2, -0.15) is 5.10 Å². The molecule has 1 N–H and O–H groups in total. The number of halogens is 1. The first-order chi connectivity index (χ1) is 10.7. The SMILES string of the molecule is Cc1c(C(=O)Nc2nc(CCl)cs2)cnn1-c1ccccc1. The number of carbonyl (C=O) groups is 1. The molecule has 0 radical (unpaired) electrons. The van der Waals surface area contributed by atoms with Gasteiger partial charge in [0.15, 0.2) is 5.13 Å². The molecule has 0 atom stereocenters. The molecule has 0 aliphatic carbocycles. The summed E-state index contributed by atoms with van der Waals surface area (Å²) in [6.45, 7) is 1.86. The van der Waals surface area contributed by atoms with Gasteiger partial charge in [-0.3, -0.25) is 10.1 Å². The molecule has 0 aliphatic heterocycles. The average Bonchev–Trinajstić information content (AvgIpc) is 3.14. The molecule has 1 aromatic carbocycles. The highest BCUT2D eigenvalue weighted by molar-refractivity contribution is 7.14. The first-order valence-corrected chi connectivity index (χ1v) is 8.02. The molecule has 3 aromatic rings. The zero-order valence-electron chi connectivity index (χ0n) is 11.8. The Morgan fingerprint density at radius 1 is 1.36 bits per heavy atom. The number of benzene rings is 1. The molecule has 22 heavy (non-hydrogen) atoms. The number of hydrogen-bond donors (Lipinski definition) is 1. The van der Waals surface area contributed by atoms with Crippen LogP contribution in [0.4, 0.5) is 5.13 Å². The molecule has 5 nitrogen and oxygen atoms in total. The summed E-state index contributed by atoms with van der Waals surface area (Å²) < 4.78 is 1.74. The van der Waals surface area contributed by atoms with E-state index < -0.39 is 0 Å². The van der Waals surface area contributed by atoms with Crippen LogP contribution >= 0.6 is 22.9 Å². The van der Waals surface area contributed by atoms with E-state index in [2.05, 4.69) is 15.4 Å². The summed E-state index contributed by atoms with van der Waals surface area (Å²) in [6.07, 6.45) is 1.56. The average molecular weight is 333 g/mol. The summed E-state index contributed by atoms with van der Waals surface area (Å²) in [5.41, 5.74) is 2.96. The number of thiazole rings is 1. The molecule has 7 heteroatoms. The summed E-state index contributed by atoms with van der Waals surface area (Å²) in [7, 11) is 0. The standard InChI is InChI=1S/C15H13ClN4OS/c1-10-13(8-17-20(10)12-5-3-2-4-6-12)14(21)19-15-18-11(7-16)9-22-15/h2-6,8-9H,7H2,1H3,(H,18,19,21). The van der Waals surface area contributed by atoms with Crippen LogP contribution in [0.15, 0.2) is 41.9 Å². The number of amides is 1. The summed E-state index contributed by atoms with van der Waals surface area (Å²) in [5, 5.41) is 9.42. The van der Waals surface area contributed by atoms with Crippen molar-refractivity contribution in [1.82, 2.24) is 14.8 Å². The van der Waals surface area contributed by atoms with Gasteiger partial charge < -0.3 is 0 Å². The van der Waals surface area contributed by atoms with Crippen LogP contribution in [0.5, 0.6) is 0 Å². The second-order valence-electron chi connectivity index (χ2n) is 4.62. The van der Waals surface area contributed by atoms with Crippen molar-refractivity contribution in [3.8, 4) is 5.69 Å². The minimum Gasteiger partial charge on any atom is -0.298 e. The molecule has 0 saturated carbocycles. The fraction of sp³-hybridized carbons (Fsp3) is 0.133. The zero-order chi connectivity index (χ0) is 15.5. The minimum atomic E-state index is -0.227. The topological polar surface area (TPSA) is 59.8 Å². The largest absolute Gasteiger partial charge is 0.298 e. The van der Waals surface area contributed by atoms with Crippen LogP contribution in [0, 0.1) is 6.92 Å². The Balaban J connectivity index is 1.83. The maximum atomic E-state index is 12.3. The van der Waals surface area contributed by atoms with Gasteiger partial charge in [-0.1, -0.05) is 18.2 Å². The molecule has 0 fully saturated rings. The maximum Gasteiger partial charge on any atom is 0.260 e. The molecule has 0 spiro atoms. The molecular formula is C15H13ClN4OS. The normalized spacial score (nSPS) is 10.6. The van der Waals surface area contributed by atoms with Gasteiger partial charge in [-0.05, 0) is 19.1 Å². The molecule has 0 unspecified atom stereocenters. The molecule has 0 saturated heterocycles. The van der Waals surface area contributed by atoms with Crippen molar-refractivity contribution in [2.45, 2.75) is 12.8 Å². The van der Waals surface area contributed by atoms with E-state index in [9.17, 15) is 4.79 Å². The predicted octanol–water partition coefficient (Wildman–Crippen LogP) is 3.63. The lowest BCUT2D eigenvalue weighted by Gasteiger charge is -2.05. The lowest BCUT2D eigenvalue weighted by molar-refractivity contribution is 0.102. The first kappa shape index (κ1) is 14.7. The summed E-state index contributed by atoms with van der Waals surface area (Å²) in [6, 6.07) is 9.68. The van der Waals surface area contributed by atoms with Crippen molar-refractivity contribution in [1.29, 1.82) is 0 Å². The van der Waals surface area contributed by atoms with Gasteiger partial charge in [0.05, 0.1) is 34.7 Å². The Morgan fingerprint density at radius 2 is 2.14 bits per heavy atom. The number of anilines is 1. The van der Waals surface area contributed by atoms with E-state index in [1.54, 1.807) is 10.9 Å². The highest BCUT2D eigenvalue weighted by Crippen LogP contribution is 2.19. The third-order valence-corrected chi connectivity index (χ3v) is 4.24. The number of carbonyl (C=O) groups excluding carboxylic acids is 1. The van der Waals surface area contributed by atoms with Crippen LogP contribution in [0.25, 0.3) is 5.69 Å². The Labute approximate surface area is 136 Å². The molecule has 2 aromatic heterocycles. The van der Waals surface area contributed by atoms with Crippen molar-refractivity contribution >= 4 is 34.0 Å². The number of nitrogens with one attached hydrogen (secondary N) is 1. The van der Waals surface area contributed by atoms with Crippen LogP contribution in [0.3, 0.4) is 0 Å². The monoisotopic (exact) mass is 332 g/mol. The van der Waals surface area contributed by atoms with Crippen molar-refractivity contribution in [3.63, 3.8) is 0 Å². The number of rotatable bonds is 4. The number of para-hydroxylation sites is 1. The van der Waals surface area contributed by atoms with E-state index in [1.807, 2.05) is 42.6 Å². The third kappa shape index (κ3) is 2.88. The van der Waals surface area contributed by atoms with Gasteiger partial charge in [0.2, 0.25) is 0 Å². The van der Waals surface area contributed by atoms with E-state index >= 15 is 0 Å².